The van der Waals surface area contributed by atoms with Crippen molar-refractivity contribution in [2.75, 3.05) is 7.11 Å². The third-order valence-corrected chi connectivity index (χ3v) is 1.58. The SMILES string of the molecule is C=O.CO[Si](O)(O)O.Oc1ccccc1. The minimum Gasteiger partial charge on any atom is -0.508 e. The van der Waals surface area contributed by atoms with Crippen LogP contribution in [-0.2, 0) is 9.22 Å². The number of phenolic OH excluding ortho intramolecular Hbond substituents is 1. The Morgan fingerprint density at radius 1 is 1.13 bits per heavy atom. The molecule has 0 unspecified atom stereocenters. The van der Waals surface area contributed by atoms with Crippen molar-refractivity contribution in [3.05, 3.63) is 30.3 Å². The largest absolute Gasteiger partial charge is 0.671 e. The summed E-state index contributed by atoms with van der Waals surface area (Å²) in [7, 11) is -3.11. The molecule has 4 N–H and O–H groups in total. The number of hydrogen-bond donors (Lipinski definition) is 4. The van der Waals surface area contributed by atoms with Crippen molar-refractivity contribution >= 4 is 15.8 Å². The molecule has 0 atom stereocenters. The first-order valence-electron chi connectivity index (χ1n) is 3.71. The van der Waals surface area contributed by atoms with E-state index in [1.807, 2.05) is 12.9 Å². The van der Waals surface area contributed by atoms with Crippen molar-refractivity contribution in [3.8, 4) is 5.75 Å². The fourth-order valence-corrected chi connectivity index (χ4v) is 0.428. The third kappa shape index (κ3) is 15.5. The van der Waals surface area contributed by atoms with Gasteiger partial charge in [-0.1, -0.05) is 18.2 Å². The maximum atomic E-state index is 8.63. The predicted octanol–water partition coefficient (Wildman–Crippen LogP) is -0.747. The zero-order valence-electron chi connectivity index (χ0n) is 8.20. The molecule has 1 aromatic rings. The molecule has 6 nitrogen and oxygen atoms in total. The van der Waals surface area contributed by atoms with Crippen LogP contribution in [0, 0.1) is 0 Å². The summed E-state index contributed by atoms with van der Waals surface area (Å²) in [5, 5.41) is 8.63. The van der Waals surface area contributed by atoms with Crippen LogP contribution in [-0.4, -0.2) is 42.4 Å². The van der Waals surface area contributed by atoms with Gasteiger partial charge in [0.15, 0.2) is 0 Å². The van der Waals surface area contributed by atoms with Gasteiger partial charge in [-0.25, -0.2) is 0 Å². The summed E-state index contributed by atoms with van der Waals surface area (Å²) in [4.78, 5) is 31.6. The van der Waals surface area contributed by atoms with E-state index in [4.69, 9.17) is 24.3 Å². The molecule has 0 aliphatic carbocycles. The van der Waals surface area contributed by atoms with Gasteiger partial charge in [-0.15, -0.1) is 0 Å². The molecule has 86 valence electrons. The van der Waals surface area contributed by atoms with Crippen LogP contribution in [0.5, 0.6) is 5.75 Å². The Labute approximate surface area is 88.5 Å². The van der Waals surface area contributed by atoms with E-state index in [1.165, 1.54) is 0 Å². The van der Waals surface area contributed by atoms with Gasteiger partial charge in [0.1, 0.15) is 12.5 Å². The standard InChI is InChI=1S/C6H6O.CH6O4Si.CH2O/c7-6-4-2-1-3-5-6;1-5-6(2,3)4;1-2/h1-5,7H;2-4H,1H3;1H2. The van der Waals surface area contributed by atoms with Gasteiger partial charge in [-0.05, 0) is 12.1 Å². The molecule has 0 aromatic heterocycles. The molecule has 0 saturated carbocycles. The van der Waals surface area contributed by atoms with Crippen molar-refractivity contribution in [1.82, 2.24) is 0 Å². The molecule has 1 rings (SSSR count). The number of benzene rings is 1. The van der Waals surface area contributed by atoms with Gasteiger partial charge in [0.2, 0.25) is 0 Å². The average molecular weight is 234 g/mol. The monoisotopic (exact) mass is 234 g/mol. The van der Waals surface area contributed by atoms with Crippen molar-refractivity contribution in [3.63, 3.8) is 0 Å². The van der Waals surface area contributed by atoms with Gasteiger partial charge in [-0.3, -0.25) is 0 Å². The summed E-state index contributed by atoms with van der Waals surface area (Å²) in [5.74, 6) is 0.322. The molecular formula is C8H14O6Si. The minimum absolute atomic E-state index is 0.322. The second kappa shape index (κ2) is 9.31. The van der Waals surface area contributed by atoms with Gasteiger partial charge in [0.25, 0.3) is 0 Å². The Balaban J connectivity index is 0. The Hall–Kier alpha value is -1.25. The van der Waals surface area contributed by atoms with Crippen molar-refractivity contribution in [1.29, 1.82) is 0 Å². The van der Waals surface area contributed by atoms with Crippen molar-refractivity contribution in [2.24, 2.45) is 0 Å². The lowest BCUT2D eigenvalue weighted by Crippen LogP contribution is -2.37. The van der Waals surface area contributed by atoms with Gasteiger partial charge in [0.05, 0.1) is 0 Å². The van der Waals surface area contributed by atoms with E-state index in [0.717, 1.165) is 7.11 Å². The Kier molecular flexibility index (Phi) is 10.0. The number of rotatable bonds is 1. The van der Waals surface area contributed by atoms with Crippen LogP contribution in [0.1, 0.15) is 0 Å². The molecule has 0 heterocycles. The molecule has 0 fully saturated rings. The van der Waals surface area contributed by atoms with Crippen LogP contribution in [0.3, 0.4) is 0 Å². The molecular weight excluding hydrogens is 220 g/mol. The summed E-state index contributed by atoms with van der Waals surface area (Å²) >= 11 is 0. The first-order chi connectivity index (χ1) is 6.95. The van der Waals surface area contributed by atoms with Crippen molar-refractivity contribution in [2.45, 2.75) is 0 Å². The molecule has 0 radical (unpaired) electrons. The molecule has 7 heteroatoms. The van der Waals surface area contributed by atoms with Crippen LogP contribution in [0.15, 0.2) is 30.3 Å². The topological polar surface area (TPSA) is 107 Å². The molecule has 15 heavy (non-hydrogen) atoms. The fourth-order valence-electron chi connectivity index (χ4n) is 0.428. The lowest BCUT2D eigenvalue weighted by Gasteiger charge is -2.01. The number of para-hydroxylation sites is 1. The molecule has 0 aliphatic rings. The summed E-state index contributed by atoms with van der Waals surface area (Å²) in [5.41, 5.74) is 0. The Morgan fingerprint density at radius 3 is 1.60 bits per heavy atom. The average Bonchev–Trinajstić information content (AvgIpc) is 2.22. The maximum absolute atomic E-state index is 8.63. The molecule has 1 aromatic carbocycles. The summed E-state index contributed by atoms with van der Waals surface area (Å²) in [6, 6.07) is 8.71. The minimum atomic E-state index is -4.13. The van der Waals surface area contributed by atoms with Crippen LogP contribution < -0.4 is 0 Å². The van der Waals surface area contributed by atoms with Gasteiger partial charge < -0.3 is 28.7 Å². The number of phenols is 1. The van der Waals surface area contributed by atoms with E-state index >= 15 is 0 Å². The highest BCUT2D eigenvalue weighted by Gasteiger charge is 2.27. The zero-order valence-corrected chi connectivity index (χ0v) is 9.20. The van der Waals surface area contributed by atoms with E-state index < -0.39 is 9.05 Å². The van der Waals surface area contributed by atoms with E-state index in [-0.39, 0.29) is 0 Å². The quantitative estimate of drug-likeness (QED) is 0.476. The second-order valence-corrected chi connectivity index (χ2v) is 3.67. The molecule has 0 aliphatic heterocycles. The Bertz CT molecular complexity index is 235. The van der Waals surface area contributed by atoms with Crippen LogP contribution in [0.2, 0.25) is 0 Å². The zero-order chi connectivity index (χ0) is 12.3. The van der Waals surface area contributed by atoms with E-state index in [2.05, 4.69) is 4.43 Å². The summed E-state index contributed by atoms with van der Waals surface area (Å²) in [6.07, 6.45) is 0. The highest BCUT2D eigenvalue weighted by Crippen LogP contribution is 2.02. The van der Waals surface area contributed by atoms with E-state index in [9.17, 15) is 0 Å². The normalized spacial score (nSPS) is 9.07. The maximum Gasteiger partial charge on any atom is 0.671 e. The molecule has 0 bridgehead atoms. The number of carbonyl (C=O) groups is 1. The van der Waals surface area contributed by atoms with Crippen LogP contribution >= 0.6 is 0 Å². The van der Waals surface area contributed by atoms with Gasteiger partial charge in [-0.2, -0.15) is 0 Å². The molecule has 0 spiro atoms. The van der Waals surface area contributed by atoms with Crippen LogP contribution in [0.25, 0.3) is 0 Å². The van der Waals surface area contributed by atoms with Gasteiger partial charge >= 0.3 is 9.05 Å². The highest BCUT2D eigenvalue weighted by molar-refractivity contribution is 6.48. The summed E-state index contributed by atoms with van der Waals surface area (Å²) in [6.45, 7) is 2.00. The van der Waals surface area contributed by atoms with Gasteiger partial charge in [0, 0.05) is 7.11 Å². The number of carbonyl (C=O) groups excluding carboxylic acids is 1. The first kappa shape index (κ1) is 16.2. The molecule has 0 amide bonds. The Morgan fingerprint density at radius 2 is 1.47 bits per heavy atom. The van der Waals surface area contributed by atoms with Crippen LogP contribution in [0.4, 0.5) is 0 Å². The second-order valence-electron chi connectivity index (χ2n) is 2.11. The smallest absolute Gasteiger partial charge is 0.508 e. The number of aromatic hydroxyl groups is 1. The fraction of sp³-hybridized carbons (Fsp3) is 0.125. The summed E-state index contributed by atoms with van der Waals surface area (Å²) < 4.78 is 3.74. The lowest BCUT2D eigenvalue weighted by molar-refractivity contribution is -0.0980. The number of hydrogen-bond acceptors (Lipinski definition) is 6. The molecule has 0 saturated heterocycles. The van der Waals surface area contributed by atoms with Crippen molar-refractivity contribution < 1.29 is 28.7 Å². The third-order valence-electron chi connectivity index (χ3n) is 1.03. The van der Waals surface area contributed by atoms with E-state index in [0.29, 0.717) is 5.75 Å². The first-order valence-corrected chi connectivity index (χ1v) is 5.46. The van der Waals surface area contributed by atoms with E-state index in [1.54, 1.807) is 24.3 Å². The predicted molar refractivity (Wildman–Crippen MR) is 54.6 cm³/mol. The highest BCUT2D eigenvalue weighted by atomic mass is 28.4. The lowest BCUT2D eigenvalue weighted by atomic mass is 10.3.